The van der Waals surface area contributed by atoms with E-state index in [2.05, 4.69) is 10.3 Å². The van der Waals surface area contributed by atoms with E-state index < -0.39 is 0 Å². The van der Waals surface area contributed by atoms with E-state index >= 15 is 0 Å². The van der Waals surface area contributed by atoms with Crippen molar-refractivity contribution < 1.29 is 0 Å². The van der Waals surface area contributed by atoms with Crippen LogP contribution in [0.25, 0.3) is 0 Å². The van der Waals surface area contributed by atoms with Crippen LogP contribution in [0.4, 0.5) is 5.82 Å². The van der Waals surface area contributed by atoms with Gasteiger partial charge in [0.05, 0.1) is 5.02 Å². The van der Waals surface area contributed by atoms with Gasteiger partial charge in [-0.2, -0.15) is 0 Å². The Morgan fingerprint density at radius 2 is 2.15 bits per heavy atom. The molecule has 1 aromatic heterocycles. The first kappa shape index (κ1) is 10.6. The highest BCUT2D eigenvalue weighted by atomic mass is 35.5. The third-order valence-electron chi connectivity index (χ3n) is 1.59. The van der Waals surface area contributed by atoms with E-state index in [1.54, 1.807) is 6.20 Å². The van der Waals surface area contributed by atoms with Gasteiger partial charge in [0.25, 0.3) is 0 Å². The van der Waals surface area contributed by atoms with E-state index in [-0.39, 0.29) is 0 Å². The molecule has 1 aromatic rings. The lowest BCUT2D eigenvalue weighted by Gasteiger charge is -2.03. The summed E-state index contributed by atoms with van der Waals surface area (Å²) in [5, 5.41) is 3.84. The number of nitrogens with one attached hydrogen (secondary N) is 1. The fraction of sp³-hybridized carbons (Fsp3) is 0.444. The molecular formula is C9H12Cl2N2. The minimum Gasteiger partial charge on any atom is -0.370 e. The maximum atomic E-state index is 5.69. The number of hydrogen-bond donors (Lipinski definition) is 1. The number of anilines is 1. The summed E-state index contributed by atoms with van der Waals surface area (Å²) in [6.45, 7) is 0.904. The standard InChI is InChI=1S/C9H12Cl2N2/c10-5-1-2-6-12-9-4-3-8(11)7-13-9/h3-4,7H,1-2,5-6H2,(H,12,13). The second-order valence-electron chi connectivity index (χ2n) is 2.68. The second kappa shape index (κ2) is 6.06. The van der Waals surface area contributed by atoms with Crippen LogP contribution in [0.3, 0.4) is 0 Å². The third-order valence-corrected chi connectivity index (χ3v) is 2.08. The molecule has 0 radical (unpaired) electrons. The van der Waals surface area contributed by atoms with Gasteiger partial charge in [0.15, 0.2) is 0 Å². The predicted octanol–water partition coefficient (Wildman–Crippen LogP) is 3.17. The van der Waals surface area contributed by atoms with E-state index in [0.717, 1.165) is 31.1 Å². The maximum absolute atomic E-state index is 5.69. The number of aromatic nitrogens is 1. The van der Waals surface area contributed by atoms with Crippen LogP contribution in [0.15, 0.2) is 18.3 Å². The number of nitrogens with zero attached hydrogens (tertiary/aromatic N) is 1. The van der Waals surface area contributed by atoms with Crippen molar-refractivity contribution >= 4 is 29.0 Å². The van der Waals surface area contributed by atoms with Crippen LogP contribution >= 0.6 is 23.2 Å². The Bertz CT molecular complexity index is 236. The van der Waals surface area contributed by atoms with Gasteiger partial charge in [-0.05, 0) is 25.0 Å². The first-order valence-corrected chi connectivity index (χ1v) is 5.15. The van der Waals surface area contributed by atoms with E-state index in [1.807, 2.05) is 12.1 Å². The molecular weight excluding hydrogens is 207 g/mol. The SMILES string of the molecule is ClCCCCNc1ccc(Cl)cn1. The van der Waals surface area contributed by atoms with Crippen molar-refractivity contribution in [1.82, 2.24) is 4.98 Å². The van der Waals surface area contributed by atoms with Gasteiger partial charge in [-0.3, -0.25) is 0 Å². The average Bonchev–Trinajstić information content (AvgIpc) is 2.15. The number of halogens is 2. The van der Waals surface area contributed by atoms with Crippen LogP contribution in [0.5, 0.6) is 0 Å². The van der Waals surface area contributed by atoms with Gasteiger partial charge in [0.2, 0.25) is 0 Å². The Morgan fingerprint density at radius 1 is 1.31 bits per heavy atom. The summed E-state index contributed by atoms with van der Waals surface area (Å²) in [7, 11) is 0. The number of alkyl halides is 1. The van der Waals surface area contributed by atoms with Gasteiger partial charge in [-0.25, -0.2) is 4.98 Å². The highest BCUT2D eigenvalue weighted by Crippen LogP contribution is 2.09. The molecule has 2 nitrogen and oxygen atoms in total. The summed E-state index contributed by atoms with van der Waals surface area (Å²) >= 11 is 11.2. The van der Waals surface area contributed by atoms with Crippen molar-refractivity contribution in [1.29, 1.82) is 0 Å². The van der Waals surface area contributed by atoms with E-state index in [0.29, 0.717) is 5.02 Å². The number of pyridine rings is 1. The number of rotatable bonds is 5. The van der Waals surface area contributed by atoms with Crippen LogP contribution < -0.4 is 5.32 Å². The van der Waals surface area contributed by atoms with Gasteiger partial charge in [-0.15, -0.1) is 11.6 Å². The van der Waals surface area contributed by atoms with Crippen LogP contribution in [-0.2, 0) is 0 Å². The lowest BCUT2D eigenvalue weighted by molar-refractivity contribution is 0.836. The molecule has 0 spiro atoms. The van der Waals surface area contributed by atoms with Crippen molar-refractivity contribution in [2.75, 3.05) is 17.7 Å². The third kappa shape index (κ3) is 4.34. The summed E-state index contributed by atoms with van der Waals surface area (Å²) in [4.78, 5) is 4.10. The van der Waals surface area contributed by atoms with Crippen LogP contribution in [0.2, 0.25) is 5.02 Å². The van der Waals surface area contributed by atoms with E-state index in [9.17, 15) is 0 Å². The summed E-state index contributed by atoms with van der Waals surface area (Å²) in [6, 6.07) is 3.68. The van der Waals surface area contributed by atoms with Gasteiger partial charge >= 0.3 is 0 Å². The van der Waals surface area contributed by atoms with E-state index in [1.165, 1.54) is 0 Å². The molecule has 0 aliphatic heterocycles. The van der Waals surface area contributed by atoms with Gasteiger partial charge in [0, 0.05) is 18.6 Å². The molecule has 0 aliphatic rings. The maximum Gasteiger partial charge on any atom is 0.125 e. The van der Waals surface area contributed by atoms with Crippen LogP contribution in [-0.4, -0.2) is 17.4 Å². The smallest absolute Gasteiger partial charge is 0.125 e. The highest BCUT2D eigenvalue weighted by molar-refractivity contribution is 6.30. The normalized spacial score (nSPS) is 10.0. The molecule has 1 N–H and O–H groups in total. The van der Waals surface area contributed by atoms with Gasteiger partial charge in [-0.1, -0.05) is 11.6 Å². The molecule has 4 heteroatoms. The van der Waals surface area contributed by atoms with Crippen LogP contribution in [0.1, 0.15) is 12.8 Å². The molecule has 0 aliphatic carbocycles. The van der Waals surface area contributed by atoms with Crippen molar-refractivity contribution in [3.05, 3.63) is 23.4 Å². The van der Waals surface area contributed by atoms with Crippen molar-refractivity contribution in [3.63, 3.8) is 0 Å². The zero-order valence-corrected chi connectivity index (χ0v) is 8.78. The minimum absolute atomic E-state index is 0.659. The number of hydrogen-bond acceptors (Lipinski definition) is 2. The lowest BCUT2D eigenvalue weighted by atomic mass is 10.3. The monoisotopic (exact) mass is 218 g/mol. The molecule has 72 valence electrons. The molecule has 1 heterocycles. The molecule has 13 heavy (non-hydrogen) atoms. The first-order valence-electron chi connectivity index (χ1n) is 4.24. The Morgan fingerprint density at radius 3 is 2.77 bits per heavy atom. The Hall–Kier alpha value is -0.470. The molecule has 0 bridgehead atoms. The molecule has 0 aromatic carbocycles. The van der Waals surface area contributed by atoms with E-state index in [4.69, 9.17) is 23.2 Å². The fourth-order valence-corrected chi connectivity index (χ4v) is 1.22. The first-order chi connectivity index (χ1) is 6.33. The summed E-state index contributed by atoms with van der Waals surface area (Å²) in [6.07, 6.45) is 3.72. The largest absolute Gasteiger partial charge is 0.370 e. The quantitative estimate of drug-likeness (QED) is 0.607. The highest BCUT2D eigenvalue weighted by Gasteiger charge is 1.92. The van der Waals surface area contributed by atoms with Gasteiger partial charge in [0.1, 0.15) is 5.82 Å². The zero-order valence-electron chi connectivity index (χ0n) is 7.26. The lowest BCUT2D eigenvalue weighted by Crippen LogP contribution is -2.02. The summed E-state index contributed by atoms with van der Waals surface area (Å²) < 4.78 is 0. The summed E-state index contributed by atoms with van der Waals surface area (Å²) in [5.41, 5.74) is 0. The average molecular weight is 219 g/mol. The number of unbranched alkanes of at least 4 members (excludes halogenated alkanes) is 1. The molecule has 0 atom stereocenters. The topological polar surface area (TPSA) is 24.9 Å². The second-order valence-corrected chi connectivity index (χ2v) is 3.50. The fourth-order valence-electron chi connectivity index (χ4n) is 0.916. The molecule has 1 rings (SSSR count). The van der Waals surface area contributed by atoms with Crippen LogP contribution in [0, 0.1) is 0 Å². The molecule has 0 saturated heterocycles. The minimum atomic E-state index is 0.659. The Kier molecular flexibility index (Phi) is 4.94. The molecule has 0 fully saturated rings. The Labute approximate surface area is 88.3 Å². The van der Waals surface area contributed by atoms with Crippen molar-refractivity contribution in [2.24, 2.45) is 0 Å². The molecule has 0 amide bonds. The summed E-state index contributed by atoms with van der Waals surface area (Å²) in [5.74, 6) is 1.58. The Balaban J connectivity index is 2.25. The van der Waals surface area contributed by atoms with Crippen molar-refractivity contribution in [3.8, 4) is 0 Å². The zero-order chi connectivity index (χ0) is 9.52. The van der Waals surface area contributed by atoms with Gasteiger partial charge < -0.3 is 5.32 Å². The predicted molar refractivity (Wildman–Crippen MR) is 57.7 cm³/mol. The molecule has 0 unspecified atom stereocenters. The van der Waals surface area contributed by atoms with Crippen molar-refractivity contribution in [2.45, 2.75) is 12.8 Å². The molecule has 0 saturated carbocycles.